The zero-order valence-electron chi connectivity index (χ0n) is 14.8. The summed E-state index contributed by atoms with van der Waals surface area (Å²) >= 11 is 2.89. The molecule has 0 aliphatic carbocycles. The van der Waals surface area contributed by atoms with Crippen LogP contribution in [0.4, 0.5) is 5.69 Å². The van der Waals surface area contributed by atoms with Crippen molar-refractivity contribution in [2.24, 2.45) is 0 Å². The van der Waals surface area contributed by atoms with Gasteiger partial charge >= 0.3 is 0 Å². The zero-order valence-corrected chi connectivity index (χ0v) is 16.4. The van der Waals surface area contributed by atoms with Crippen LogP contribution >= 0.6 is 23.5 Å². The topological polar surface area (TPSA) is 92.4 Å². The number of ether oxygens (including phenoxy) is 1. The lowest BCUT2D eigenvalue weighted by molar-refractivity contribution is -0.120. The summed E-state index contributed by atoms with van der Waals surface area (Å²) in [7, 11) is 1.66. The lowest BCUT2D eigenvalue weighted by atomic mass is 10.1. The number of ketones is 1. The number of fused-ring (bicyclic) bond motifs is 2. The molecule has 0 saturated carbocycles. The maximum atomic E-state index is 12.9. The number of anilines is 1. The molecule has 1 aromatic carbocycles. The Morgan fingerprint density at radius 3 is 3.00 bits per heavy atom. The minimum absolute atomic E-state index is 0.00129. The summed E-state index contributed by atoms with van der Waals surface area (Å²) < 4.78 is 5.39. The normalized spacial score (nSPS) is 16.5. The van der Waals surface area contributed by atoms with Gasteiger partial charge in [-0.15, -0.1) is 0 Å². The van der Waals surface area contributed by atoms with E-state index in [9.17, 15) is 14.4 Å². The number of thioether (sulfide) groups is 2. The Labute approximate surface area is 163 Å². The van der Waals surface area contributed by atoms with E-state index in [0.717, 1.165) is 17.0 Å². The van der Waals surface area contributed by atoms with E-state index in [1.165, 1.54) is 16.7 Å². The first-order valence-electron chi connectivity index (χ1n) is 8.38. The molecule has 4 rings (SSSR count). The largest absolute Gasteiger partial charge is 0.482 e. The standard InChI is InChI=1S/C18H17N3O4S2/c1-9(27-18-19-12-8-26-7-11(12)17(24)20-18)16(23)10-3-4-14-13(5-10)21(2)15(22)6-25-14/h3-5,9H,6-8H2,1-2H3,(H,19,20,24). The third kappa shape index (κ3) is 3.37. The molecule has 27 heavy (non-hydrogen) atoms. The number of amides is 1. The summed E-state index contributed by atoms with van der Waals surface area (Å²) in [5.74, 6) is 1.72. The number of hydrogen-bond donors (Lipinski definition) is 1. The van der Waals surface area contributed by atoms with Gasteiger partial charge in [0, 0.05) is 29.7 Å². The molecule has 2 aliphatic heterocycles. The second-order valence-corrected chi connectivity index (χ2v) is 8.65. The van der Waals surface area contributed by atoms with Crippen molar-refractivity contribution in [2.45, 2.75) is 28.8 Å². The predicted molar refractivity (Wildman–Crippen MR) is 105 cm³/mol. The van der Waals surface area contributed by atoms with Crippen LogP contribution in [0.25, 0.3) is 0 Å². The van der Waals surface area contributed by atoms with Crippen molar-refractivity contribution < 1.29 is 14.3 Å². The van der Waals surface area contributed by atoms with Gasteiger partial charge in [-0.3, -0.25) is 14.4 Å². The molecule has 7 nitrogen and oxygen atoms in total. The molecule has 0 saturated heterocycles. The third-order valence-corrected chi connectivity index (χ3v) is 6.51. The van der Waals surface area contributed by atoms with E-state index in [0.29, 0.717) is 27.9 Å². The van der Waals surface area contributed by atoms with Crippen LogP contribution in [0.5, 0.6) is 5.75 Å². The molecule has 9 heteroatoms. The van der Waals surface area contributed by atoms with Crippen molar-refractivity contribution in [1.29, 1.82) is 0 Å². The molecule has 0 radical (unpaired) electrons. The Balaban J connectivity index is 1.56. The number of likely N-dealkylation sites (N-methyl/N-ethyl adjacent to an activating group) is 1. The average Bonchev–Trinajstić information content (AvgIpc) is 3.13. The van der Waals surface area contributed by atoms with E-state index < -0.39 is 5.25 Å². The van der Waals surface area contributed by atoms with Crippen molar-refractivity contribution >= 4 is 40.9 Å². The molecule has 1 N–H and O–H groups in total. The molecule has 0 spiro atoms. The van der Waals surface area contributed by atoms with Gasteiger partial charge in [0.25, 0.3) is 11.5 Å². The SMILES string of the molecule is CC(Sc1nc2c(c(=O)[nH]1)CSC2)C(=O)c1ccc2c(c1)N(C)C(=O)CO2. The van der Waals surface area contributed by atoms with Gasteiger partial charge in [-0.25, -0.2) is 4.98 Å². The molecular formula is C18H17N3O4S2. The summed E-state index contributed by atoms with van der Waals surface area (Å²) in [4.78, 5) is 45.5. The minimum Gasteiger partial charge on any atom is -0.482 e. The molecule has 140 valence electrons. The molecule has 0 bridgehead atoms. The van der Waals surface area contributed by atoms with Crippen molar-refractivity contribution in [3.8, 4) is 5.75 Å². The molecule has 0 fully saturated rings. The number of aromatic nitrogens is 2. The van der Waals surface area contributed by atoms with Crippen LogP contribution in [0.3, 0.4) is 0 Å². The van der Waals surface area contributed by atoms with Crippen LogP contribution < -0.4 is 15.2 Å². The number of rotatable bonds is 4. The van der Waals surface area contributed by atoms with Gasteiger partial charge in [-0.05, 0) is 25.1 Å². The monoisotopic (exact) mass is 403 g/mol. The predicted octanol–water partition coefficient (Wildman–Crippen LogP) is 2.24. The summed E-state index contributed by atoms with van der Waals surface area (Å²) in [6.45, 7) is 1.78. The number of H-pyrrole nitrogens is 1. The second kappa shape index (κ2) is 7.05. The fourth-order valence-electron chi connectivity index (χ4n) is 2.98. The molecular weight excluding hydrogens is 386 g/mol. The number of nitrogens with zero attached hydrogens (tertiary/aromatic N) is 2. The first-order chi connectivity index (χ1) is 12.9. The molecule has 2 aliphatic rings. The first-order valence-corrected chi connectivity index (χ1v) is 10.4. The van der Waals surface area contributed by atoms with Gasteiger partial charge in [-0.2, -0.15) is 11.8 Å². The van der Waals surface area contributed by atoms with Crippen LogP contribution in [0, 0.1) is 0 Å². The quantitative estimate of drug-likeness (QED) is 0.475. The Morgan fingerprint density at radius 1 is 1.37 bits per heavy atom. The highest BCUT2D eigenvalue weighted by Crippen LogP contribution is 2.33. The highest BCUT2D eigenvalue weighted by atomic mass is 32.2. The molecule has 1 aromatic heterocycles. The zero-order chi connectivity index (χ0) is 19.1. The summed E-state index contributed by atoms with van der Waals surface area (Å²) in [5.41, 5.74) is 2.47. The molecule has 1 amide bonds. The number of hydrogen-bond acceptors (Lipinski definition) is 7. The van der Waals surface area contributed by atoms with E-state index >= 15 is 0 Å². The fraction of sp³-hybridized carbons (Fsp3) is 0.333. The van der Waals surface area contributed by atoms with Crippen LogP contribution in [0.2, 0.25) is 0 Å². The molecule has 1 unspecified atom stereocenters. The van der Waals surface area contributed by atoms with Crippen molar-refractivity contribution in [1.82, 2.24) is 9.97 Å². The Morgan fingerprint density at radius 2 is 2.19 bits per heavy atom. The first kappa shape index (κ1) is 18.1. The third-order valence-electron chi connectivity index (χ3n) is 4.55. The number of benzene rings is 1. The maximum absolute atomic E-state index is 12.9. The Hall–Kier alpha value is -2.26. The molecule has 1 atom stereocenters. The number of Topliss-reactive ketones (excluding diaryl/α,β-unsaturated/α-hetero) is 1. The molecule has 3 heterocycles. The van der Waals surface area contributed by atoms with Crippen molar-refractivity contribution in [3.05, 3.63) is 45.4 Å². The highest BCUT2D eigenvalue weighted by molar-refractivity contribution is 8.00. The second-order valence-electron chi connectivity index (χ2n) is 6.34. The minimum atomic E-state index is -0.441. The van der Waals surface area contributed by atoms with Crippen LogP contribution in [0.15, 0.2) is 28.2 Å². The highest BCUT2D eigenvalue weighted by Gasteiger charge is 2.26. The smallest absolute Gasteiger partial charge is 0.264 e. The number of carbonyl (C=O) groups is 2. The van der Waals surface area contributed by atoms with E-state index in [1.807, 2.05) is 0 Å². The van der Waals surface area contributed by atoms with Crippen molar-refractivity contribution in [2.75, 3.05) is 18.6 Å². The van der Waals surface area contributed by atoms with Gasteiger partial charge in [0.05, 0.1) is 16.6 Å². The van der Waals surface area contributed by atoms with E-state index in [4.69, 9.17) is 4.74 Å². The summed E-state index contributed by atoms with van der Waals surface area (Å²) in [5, 5.41) is 0.0134. The van der Waals surface area contributed by atoms with Gasteiger partial charge in [-0.1, -0.05) is 11.8 Å². The fourth-order valence-corrected chi connectivity index (χ4v) is 4.91. The summed E-state index contributed by atoms with van der Waals surface area (Å²) in [6.07, 6.45) is 0. The Kier molecular flexibility index (Phi) is 4.73. The van der Waals surface area contributed by atoms with Crippen LogP contribution in [-0.2, 0) is 16.3 Å². The lowest BCUT2D eigenvalue weighted by Crippen LogP contribution is -2.35. The average molecular weight is 403 g/mol. The van der Waals surface area contributed by atoms with Gasteiger partial charge in [0.1, 0.15) is 5.75 Å². The number of carbonyl (C=O) groups excluding carboxylic acids is 2. The number of aromatic amines is 1. The van der Waals surface area contributed by atoms with Gasteiger partial charge in [0.2, 0.25) is 0 Å². The maximum Gasteiger partial charge on any atom is 0.264 e. The van der Waals surface area contributed by atoms with E-state index in [-0.39, 0.29) is 23.9 Å². The Bertz CT molecular complexity index is 1000. The van der Waals surface area contributed by atoms with Gasteiger partial charge in [0.15, 0.2) is 17.5 Å². The van der Waals surface area contributed by atoms with E-state index in [2.05, 4.69) is 9.97 Å². The summed E-state index contributed by atoms with van der Waals surface area (Å²) in [6, 6.07) is 5.06. The lowest BCUT2D eigenvalue weighted by Gasteiger charge is -2.26. The number of nitrogens with one attached hydrogen (secondary N) is 1. The van der Waals surface area contributed by atoms with Crippen LogP contribution in [-0.4, -0.2) is 40.6 Å². The van der Waals surface area contributed by atoms with E-state index in [1.54, 1.807) is 43.9 Å². The molecule has 2 aromatic rings. The van der Waals surface area contributed by atoms with Crippen LogP contribution in [0.1, 0.15) is 28.5 Å². The van der Waals surface area contributed by atoms with Gasteiger partial charge < -0.3 is 14.6 Å². The van der Waals surface area contributed by atoms with Crippen molar-refractivity contribution in [3.63, 3.8) is 0 Å².